The van der Waals surface area contributed by atoms with Crippen molar-refractivity contribution in [3.63, 3.8) is 0 Å². The molecule has 0 spiro atoms. The van der Waals surface area contributed by atoms with Crippen molar-refractivity contribution in [2.24, 2.45) is 5.92 Å². The lowest BCUT2D eigenvalue weighted by molar-refractivity contribution is -0.131. The second kappa shape index (κ2) is 7.44. The summed E-state index contributed by atoms with van der Waals surface area (Å²) < 4.78 is 0. The molecular weight excluding hydrogens is 202 g/mol. The van der Waals surface area contributed by atoms with Crippen LogP contribution in [-0.2, 0) is 4.79 Å². The van der Waals surface area contributed by atoms with E-state index in [1.54, 1.807) is 6.08 Å². The summed E-state index contributed by atoms with van der Waals surface area (Å²) in [5.74, 6) is 0.0420. The topological polar surface area (TPSA) is 40.5 Å². The van der Waals surface area contributed by atoms with Crippen LogP contribution >= 0.6 is 0 Å². The summed E-state index contributed by atoms with van der Waals surface area (Å²) in [6.07, 6.45) is 11.2. The van der Waals surface area contributed by atoms with Gasteiger partial charge < -0.3 is 10.0 Å². The SMILES string of the molecule is CN(C/C=C/C(=O)O)CCC1CCCCC1. The molecule has 1 rings (SSSR count). The highest BCUT2D eigenvalue weighted by molar-refractivity contribution is 5.79. The highest BCUT2D eigenvalue weighted by Crippen LogP contribution is 2.26. The van der Waals surface area contributed by atoms with E-state index < -0.39 is 5.97 Å². The Bertz CT molecular complexity index is 232. The van der Waals surface area contributed by atoms with Crippen LogP contribution in [0.4, 0.5) is 0 Å². The summed E-state index contributed by atoms with van der Waals surface area (Å²) in [5.41, 5.74) is 0. The third kappa shape index (κ3) is 5.91. The Morgan fingerprint density at radius 1 is 1.38 bits per heavy atom. The quantitative estimate of drug-likeness (QED) is 0.706. The van der Waals surface area contributed by atoms with Gasteiger partial charge in [-0.1, -0.05) is 38.2 Å². The monoisotopic (exact) mass is 225 g/mol. The number of carbonyl (C=O) groups is 1. The molecule has 0 aliphatic heterocycles. The van der Waals surface area contributed by atoms with Crippen molar-refractivity contribution in [1.29, 1.82) is 0 Å². The third-order valence-corrected chi connectivity index (χ3v) is 3.32. The largest absolute Gasteiger partial charge is 0.478 e. The van der Waals surface area contributed by atoms with Crippen LogP contribution < -0.4 is 0 Å². The second-order valence-corrected chi connectivity index (χ2v) is 4.80. The van der Waals surface area contributed by atoms with Gasteiger partial charge in [-0.15, -0.1) is 0 Å². The van der Waals surface area contributed by atoms with Gasteiger partial charge in [-0.3, -0.25) is 0 Å². The van der Waals surface area contributed by atoms with E-state index in [1.165, 1.54) is 44.6 Å². The summed E-state index contributed by atoms with van der Waals surface area (Å²) in [4.78, 5) is 12.5. The molecule has 1 fully saturated rings. The van der Waals surface area contributed by atoms with Crippen LogP contribution in [0.1, 0.15) is 38.5 Å². The number of aliphatic carboxylic acids is 1. The minimum atomic E-state index is -0.860. The van der Waals surface area contributed by atoms with Gasteiger partial charge in [0.05, 0.1) is 0 Å². The van der Waals surface area contributed by atoms with E-state index in [9.17, 15) is 4.79 Å². The first-order valence-electron chi connectivity index (χ1n) is 6.26. The Labute approximate surface area is 98.1 Å². The van der Waals surface area contributed by atoms with Crippen LogP contribution in [0.3, 0.4) is 0 Å². The minimum Gasteiger partial charge on any atom is -0.478 e. The number of carboxylic acid groups (broad SMARTS) is 1. The molecule has 0 heterocycles. The van der Waals surface area contributed by atoms with Crippen LogP contribution in [0.15, 0.2) is 12.2 Å². The summed E-state index contributed by atoms with van der Waals surface area (Å²) in [7, 11) is 2.05. The van der Waals surface area contributed by atoms with Crippen molar-refractivity contribution < 1.29 is 9.90 Å². The van der Waals surface area contributed by atoms with Crippen molar-refractivity contribution >= 4 is 5.97 Å². The Morgan fingerprint density at radius 3 is 2.69 bits per heavy atom. The Morgan fingerprint density at radius 2 is 2.06 bits per heavy atom. The van der Waals surface area contributed by atoms with Gasteiger partial charge >= 0.3 is 5.97 Å². The fourth-order valence-electron chi connectivity index (χ4n) is 2.30. The molecule has 92 valence electrons. The number of likely N-dealkylation sites (N-methyl/N-ethyl adjacent to an activating group) is 1. The number of rotatable bonds is 6. The summed E-state index contributed by atoms with van der Waals surface area (Å²) in [6, 6.07) is 0. The highest BCUT2D eigenvalue weighted by atomic mass is 16.4. The maximum atomic E-state index is 10.3. The molecular formula is C13H23NO2. The predicted molar refractivity (Wildman–Crippen MR) is 65.5 cm³/mol. The highest BCUT2D eigenvalue weighted by Gasteiger charge is 2.13. The number of hydrogen-bond donors (Lipinski definition) is 1. The van der Waals surface area contributed by atoms with E-state index in [0.717, 1.165) is 19.0 Å². The first-order chi connectivity index (χ1) is 7.68. The zero-order valence-corrected chi connectivity index (χ0v) is 10.2. The van der Waals surface area contributed by atoms with E-state index in [-0.39, 0.29) is 0 Å². The molecule has 0 aromatic carbocycles. The summed E-state index contributed by atoms with van der Waals surface area (Å²) in [5, 5.41) is 8.45. The van der Waals surface area contributed by atoms with Gasteiger partial charge in [0.1, 0.15) is 0 Å². The van der Waals surface area contributed by atoms with E-state index in [0.29, 0.717) is 0 Å². The first-order valence-corrected chi connectivity index (χ1v) is 6.26. The molecule has 3 nitrogen and oxygen atoms in total. The van der Waals surface area contributed by atoms with Crippen molar-refractivity contribution in [2.75, 3.05) is 20.1 Å². The van der Waals surface area contributed by atoms with Gasteiger partial charge in [-0.25, -0.2) is 4.79 Å². The smallest absolute Gasteiger partial charge is 0.328 e. The van der Waals surface area contributed by atoms with Gasteiger partial charge in [0, 0.05) is 12.6 Å². The van der Waals surface area contributed by atoms with Crippen LogP contribution in [0.25, 0.3) is 0 Å². The molecule has 0 unspecified atom stereocenters. The zero-order chi connectivity index (χ0) is 11.8. The van der Waals surface area contributed by atoms with Crippen LogP contribution in [0, 0.1) is 5.92 Å². The number of nitrogens with zero attached hydrogens (tertiary/aromatic N) is 1. The maximum absolute atomic E-state index is 10.3. The fourth-order valence-corrected chi connectivity index (χ4v) is 2.30. The van der Waals surface area contributed by atoms with Gasteiger partial charge in [-0.05, 0) is 25.9 Å². The lowest BCUT2D eigenvalue weighted by Crippen LogP contribution is -2.22. The zero-order valence-electron chi connectivity index (χ0n) is 10.2. The van der Waals surface area contributed by atoms with E-state index in [2.05, 4.69) is 11.9 Å². The van der Waals surface area contributed by atoms with Crippen molar-refractivity contribution in [1.82, 2.24) is 4.90 Å². The predicted octanol–water partition coefficient (Wildman–Crippen LogP) is 2.53. The third-order valence-electron chi connectivity index (χ3n) is 3.32. The molecule has 1 saturated carbocycles. The van der Waals surface area contributed by atoms with Crippen LogP contribution in [0.2, 0.25) is 0 Å². The maximum Gasteiger partial charge on any atom is 0.328 e. The summed E-state index contributed by atoms with van der Waals surface area (Å²) >= 11 is 0. The lowest BCUT2D eigenvalue weighted by Gasteiger charge is -2.23. The Kier molecular flexibility index (Phi) is 6.16. The second-order valence-electron chi connectivity index (χ2n) is 4.80. The lowest BCUT2D eigenvalue weighted by atomic mass is 9.87. The molecule has 0 aromatic heterocycles. The average Bonchev–Trinajstić information content (AvgIpc) is 2.27. The normalized spacial score (nSPS) is 18.4. The van der Waals surface area contributed by atoms with Crippen LogP contribution in [0.5, 0.6) is 0 Å². The van der Waals surface area contributed by atoms with Gasteiger partial charge in [-0.2, -0.15) is 0 Å². The van der Waals surface area contributed by atoms with E-state index in [1.807, 2.05) is 0 Å². The molecule has 3 heteroatoms. The number of carboxylic acids is 1. The first kappa shape index (κ1) is 13.2. The molecule has 0 amide bonds. The van der Waals surface area contributed by atoms with Crippen molar-refractivity contribution in [3.05, 3.63) is 12.2 Å². The van der Waals surface area contributed by atoms with E-state index in [4.69, 9.17) is 5.11 Å². The standard InChI is InChI=1S/C13H23NO2/c1-14(10-5-8-13(15)16)11-9-12-6-3-2-4-7-12/h5,8,12H,2-4,6-7,9-11H2,1H3,(H,15,16)/b8-5+. The van der Waals surface area contributed by atoms with Gasteiger partial charge in [0.25, 0.3) is 0 Å². The molecule has 0 aromatic rings. The van der Waals surface area contributed by atoms with Crippen LogP contribution in [-0.4, -0.2) is 36.1 Å². The molecule has 0 atom stereocenters. The minimum absolute atomic E-state index is 0.735. The molecule has 0 bridgehead atoms. The number of hydrogen-bond acceptors (Lipinski definition) is 2. The molecule has 1 N–H and O–H groups in total. The molecule has 1 aliphatic rings. The molecule has 0 radical (unpaired) electrons. The fraction of sp³-hybridized carbons (Fsp3) is 0.769. The van der Waals surface area contributed by atoms with Gasteiger partial charge in [0.15, 0.2) is 0 Å². The molecule has 1 aliphatic carbocycles. The van der Waals surface area contributed by atoms with E-state index >= 15 is 0 Å². The molecule has 16 heavy (non-hydrogen) atoms. The molecule has 0 saturated heterocycles. The van der Waals surface area contributed by atoms with Gasteiger partial charge in [0.2, 0.25) is 0 Å². The Balaban J connectivity index is 2.09. The average molecular weight is 225 g/mol. The van der Waals surface area contributed by atoms with Crippen molar-refractivity contribution in [3.8, 4) is 0 Å². The summed E-state index contributed by atoms with van der Waals surface area (Å²) in [6.45, 7) is 1.81. The van der Waals surface area contributed by atoms with Crippen molar-refractivity contribution in [2.45, 2.75) is 38.5 Å². The Hall–Kier alpha value is -0.830.